The fourth-order valence-electron chi connectivity index (χ4n) is 2.15. The van der Waals surface area contributed by atoms with Crippen LogP contribution in [0.15, 0.2) is 48.5 Å². The zero-order chi connectivity index (χ0) is 14.5. The Balaban J connectivity index is 2.14. The summed E-state index contributed by atoms with van der Waals surface area (Å²) < 4.78 is 26.6. The molecular formula is C16H14F2O2. The van der Waals surface area contributed by atoms with Gasteiger partial charge in [-0.3, -0.25) is 4.79 Å². The molecule has 0 saturated heterocycles. The number of aliphatic carboxylic acids is 1. The van der Waals surface area contributed by atoms with Gasteiger partial charge in [-0.05, 0) is 42.2 Å². The Hall–Kier alpha value is -2.23. The number of carboxylic acids is 1. The van der Waals surface area contributed by atoms with Gasteiger partial charge >= 0.3 is 5.97 Å². The Bertz CT molecular complexity index is 597. The van der Waals surface area contributed by atoms with Crippen LogP contribution < -0.4 is 0 Å². The van der Waals surface area contributed by atoms with Gasteiger partial charge in [-0.25, -0.2) is 8.78 Å². The van der Waals surface area contributed by atoms with Crippen LogP contribution in [-0.2, 0) is 11.2 Å². The quantitative estimate of drug-likeness (QED) is 0.902. The minimum absolute atomic E-state index is 0.176. The van der Waals surface area contributed by atoms with E-state index in [0.29, 0.717) is 5.56 Å². The first-order chi connectivity index (χ1) is 9.58. The molecule has 1 unspecified atom stereocenters. The number of hydrogen-bond acceptors (Lipinski definition) is 1. The van der Waals surface area contributed by atoms with Crippen LogP contribution in [0.2, 0.25) is 0 Å². The van der Waals surface area contributed by atoms with Gasteiger partial charge < -0.3 is 5.11 Å². The average Bonchev–Trinajstić information content (AvgIpc) is 2.43. The average molecular weight is 276 g/mol. The van der Waals surface area contributed by atoms with E-state index >= 15 is 0 Å². The molecule has 0 aromatic heterocycles. The molecule has 0 radical (unpaired) electrons. The Morgan fingerprint density at radius 2 is 1.80 bits per heavy atom. The van der Waals surface area contributed by atoms with Crippen molar-refractivity contribution in [3.05, 3.63) is 71.3 Å². The van der Waals surface area contributed by atoms with Crippen molar-refractivity contribution in [1.82, 2.24) is 0 Å². The van der Waals surface area contributed by atoms with Crippen molar-refractivity contribution in [3.8, 4) is 0 Å². The fraction of sp³-hybridized carbons (Fsp3) is 0.188. The largest absolute Gasteiger partial charge is 0.481 e. The molecule has 0 amide bonds. The van der Waals surface area contributed by atoms with E-state index in [1.165, 1.54) is 0 Å². The molecule has 0 heterocycles. The number of benzene rings is 2. The highest BCUT2D eigenvalue weighted by Gasteiger charge is 2.20. The molecular weight excluding hydrogens is 262 g/mol. The van der Waals surface area contributed by atoms with Gasteiger partial charge in [0.05, 0.1) is 5.92 Å². The highest BCUT2D eigenvalue weighted by Crippen LogP contribution is 2.23. The molecule has 1 N–H and O–H groups in total. The predicted molar refractivity (Wildman–Crippen MR) is 71.5 cm³/mol. The van der Waals surface area contributed by atoms with Crippen LogP contribution in [0.4, 0.5) is 8.78 Å². The summed E-state index contributed by atoms with van der Waals surface area (Å²) in [5.74, 6) is -2.72. The van der Waals surface area contributed by atoms with Crippen LogP contribution in [0.3, 0.4) is 0 Å². The van der Waals surface area contributed by atoms with E-state index in [0.717, 1.165) is 18.2 Å². The van der Waals surface area contributed by atoms with E-state index in [1.54, 1.807) is 30.3 Å². The summed E-state index contributed by atoms with van der Waals surface area (Å²) in [6, 6.07) is 12.0. The van der Waals surface area contributed by atoms with E-state index in [1.807, 2.05) is 0 Å². The molecule has 0 spiro atoms. The van der Waals surface area contributed by atoms with Gasteiger partial charge in [0.15, 0.2) is 0 Å². The van der Waals surface area contributed by atoms with Crippen LogP contribution in [0.5, 0.6) is 0 Å². The van der Waals surface area contributed by atoms with Gasteiger partial charge in [-0.1, -0.05) is 30.3 Å². The summed E-state index contributed by atoms with van der Waals surface area (Å²) in [4.78, 5) is 11.3. The summed E-state index contributed by atoms with van der Waals surface area (Å²) in [6.07, 6.45) is 0.398. The molecule has 0 fully saturated rings. The topological polar surface area (TPSA) is 37.3 Å². The van der Waals surface area contributed by atoms with Gasteiger partial charge in [-0.2, -0.15) is 0 Å². The normalized spacial score (nSPS) is 12.1. The summed E-state index contributed by atoms with van der Waals surface area (Å²) >= 11 is 0. The van der Waals surface area contributed by atoms with E-state index in [2.05, 4.69) is 0 Å². The third-order valence-corrected chi connectivity index (χ3v) is 3.21. The summed E-state index contributed by atoms with van der Waals surface area (Å²) in [5, 5.41) is 9.26. The van der Waals surface area contributed by atoms with Crippen LogP contribution in [-0.4, -0.2) is 11.1 Å². The summed E-state index contributed by atoms with van der Waals surface area (Å²) in [5.41, 5.74) is 0.865. The highest BCUT2D eigenvalue weighted by molar-refractivity contribution is 5.76. The maximum atomic E-state index is 13.5. The second kappa shape index (κ2) is 6.28. The molecule has 2 rings (SSSR count). The summed E-state index contributed by atoms with van der Waals surface area (Å²) in [6.45, 7) is 0. The molecule has 1 atom stereocenters. The zero-order valence-corrected chi connectivity index (χ0v) is 10.7. The lowest BCUT2D eigenvalue weighted by atomic mass is 9.92. The lowest BCUT2D eigenvalue weighted by Crippen LogP contribution is -2.13. The van der Waals surface area contributed by atoms with Gasteiger partial charge in [0, 0.05) is 0 Å². The molecule has 2 nitrogen and oxygen atoms in total. The van der Waals surface area contributed by atoms with Crippen molar-refractivity contribution in [3.63, 3.8) is 0 Å². The molecule has 2 aromatic carbocycles. The van der Waals surface area contributed by atoms with Crippen LogP contribution in [0, 0.1) is 11.6 Å². The monoisotopic (exact) mass is 276 g/mol. The second-order valence-corrected chi connectivity index (χ2v) is 4.58. The van der Waals surface area contributed by atoms with Crippen LogP contribution >= 0.6 is 0 Å². The second-order valence-electron chi connectivity index (χ2n) is 4.58. The zero-order valence-electron chi connectivity index (χ0n) is 10.7. The van der Waals surface area contributed by atoms with Crippen molar-refractivity contribution >= 4 is 5.97 Å². The van der Waals surface area contributed by atoms with Crippen molar-refractivity contribution in [2.45, 2.75) is 18.8 Å². The van der Waals surface area contributed by atoms with E-state index < -0.39 is 23.5 Å². The smallest absolute Gasteiger partial charge is 0.310 e. The maximum Gasteiger partial charge on any atom is 0.310 e. The molecule has 0 bridgehead atoms. The number of hydrogen-bond donors (Lipinski definition) is 1. The molecule has 0 aliphatic carbocycles. The molecule has 104 valence electrons. The van der Waals surface area contributed by atoms with Crippen molar-refractivity contribution in [2.75, 3.05) is 0 Å². The standard InChI is InChI=1S/C16H14F2O2/c17-13-7-9-15(18)12(10-13)6-8-14(16(19)20)11-4-2-1-3-5-11/h1-5,7,9-10,14H,6,8H2,(H,19,20). The fourth-order valence-corrected chi connectivity index (χ4v) is 2.15. The van der Waals surface area contributed by atoms with Crippen molar-refractivity contribution in [2.24, 2.45) is 0 Å². The first-order valence-electron chi connectivity index (χ1n) is 6.29. The van der Waals surface area contributed by atoms with Crippen molar-refractivity contribution < 1.29 is 18.7 Å². The van der Waals surface area contributed by atoms with Crippen LogP contribution in [0.25, 0.3) is 0 Å². The number of rotatable bonds is 5. The van der Waals surface area contributed by atoms with Crippen molar-refractivity contribution in [1.29, 1.82) is 0 Å². The molecule has 0 saturated carbocycles. The number of carboxylic acid groups (broad SMARTS) is 1. The van der Waals surface area contributed by atoms with E-state index in [9.17, 15) is 18.7 Å². The van der Waals surface area contributed by atoms with Gasteiger partial charge in [-0.15, -0.1) is 0 Å². The molecule has 4 heteroatoms. The predicted octanol–water partition coefficient (Wildman–Crippen LogP) is 3.77. The molecule has 0 aliphatic heterocycles. The maximum absolute atomic E-state index is 13.5. The van der Waals surface area contributed by atoms with Crippen LogP contribution in [0.1, 0.15) is 23.5 Å². The molecule has 2 aromatic rings. The van der Waals surface area contributed by atoms with E-state index in [-0.39, 0.29) is 18.4 Å². The summed E-state index contributed by atoms with van der Waals surface area (Å²) in [7, 11) is 0. The van der Waals surface area contributed by atoms with Gasteiger partial charge in [0.2, 0.25) is 0 Å². The SMILES string of the molecule is O=C(O)C(CCc1cc(F)ccc1F)c1ccccc1. The Morgan fingerprint density at radius 1 is 1.10 bits per heavy atom. The Morgan fingerprint density at radius 3 is 2.45 bits per heavy atom. The first-order valence-corrected chi connectivity index (χ1v) is 6.29. The Labute approximate surface area is 115 Å². The lowest BCUT2D eigenvalue weighted by molar-refractivity contribution is -0.138. The highest BCUT2D eigenvalue weighted by atomic mass is 19.1. The minimum atomic E-state index is -0.965. The van der Waals surface area contributed by atoms with Gasteiger partial charge in [0.1, 0.15) is 11.6 Å². The third kappa shape index (κ3) is 3.41. The first kappa shape index (κ1) is 14.2. The molecule has 20 heavy (non-hydrogen) atoms. The third-order valence-electron chi connectivity index (χ3n) is 3.21. The van der Waals surface area contributed by atoms with Gasteiger partial charge in [0.25, 0.3) is 0 Å². The minimum Gasteiger partial charge on any atom is -0.481 e. The number of aryl methyl sites for hydroxylation is 1. The Kier molecular flexibility index (Phi) is 4.45. The number of halogens is 2. The number of carbonyl (C=O) groups is 1. The molecule has 0 aliphatic rings. The lowest BCUT2D eigenvalue weighted by Gasteiger charge is -2.13. The van der Waals surface area contributed by atoms with E-state index in [4.69, 9.17) is 0 Å².